The zero-order valence-corrected chi connectivity index (χ0v) is 17.3. The third-order valence-electron chi connectivity index (χ3n) is 4.25. The molecule has 2 aromatic rings. The summed E-state index contributed by atoms with van der Waals surface area (Å²) in [6, 6.07) is 17.8. The molecule has 0 bridgehead atoms. The molecular weight excluding hydrogens is 426 g/mol. The standard InChI is InChI=1S/C20H22BrN3O2S/c21-15-5-4-8-17(11-15)23-19(25)13-27-14-20(26)24-10-9-18(12-24)22-16-6-2-1-3-7-16/h1-8,11,18,22H,9-10,12-14H2,(H,23,25). The second kappa shape index (κ2) is 9.80. The largest absolute Gasteiger partial charge is 0.380 e. The number of rotatable bonds is 7. The Labute approximate surface area is 172 Å². The van der Waals surface area contributed by atoms with Gasteiger partial charge in [-0.25, -0.2) is 0 Å². The van der Waals surface area contributed by atoms with Crippen LogP contribution in [-0.4, -0.2) is 47.4 Å². The highest BCUT2D eigenvalue weighted by molar-refractivity contribution is 9.10. The van der Waals surface area contributed by atoms with Gasteiger partial charge in [-0.15, -0.1) is 11.8 Å². The number of halogens is 1. The maximum atomic E-state index is 12.4. The minimum Gasteiger partial charge on any atom is -0.380 e. The first-order chi connectivity index (χ1) is 13.1. The van der Waals surface area contributed by atoms with Gasteiger partial charge in [-0.3, -0.25) is 9.59 Å². The van der Waals surface area contributed by atoms with E-state index >= 15 is 0 Å². The monoisotopic (exact) mass is 447 g/mol. The molecule has 2 N–H and O–H groups in total. The molecular formula is C20H22BrN3O2S. The smallest absolute Gasteiger partial charge is 0.234 e. The quantitative estimate of drug-likeness (QED) is 0.676. The number of nitrogens with zero attached hydrogens (tertiary/aromatic N) is 1. The highest BCUT2D eigenvalue weighted by Gasteiger charge is 2.25. The summed E-state index contributed by atoms with van der Waals surface area (Å²) in [6.07, 6.45) is 0.939. The topological polar surface area (TPSA) is 61.4 Å². The van der Waals surface area contributed by atoms with Crippen LogP contribution in [0.1, 0.15) is 6.42 Å². The number of likely N-dealkylation sites (tertiary alicyclic amines) is 1. The van der Waals surface area contributed by atoms with Gasteiger partial charge in [-0.1, -0.05) is 40.2 Å². The Morgan fingerprint density at radius 3 is 2.63 bits per heavy atom. The predicted molar refractivity (Wildman–Crippen MR) is 115 cm³/mol. The van der Waals surface area contributed by atoms with Gasteiger partial charge in [-0.2, -0.15) is 0 Å². The molecule has 1 atom stereocenters. The molecule has 3 rings (SSSR count). The van der Waals surface area contributed by atoms with Gasteiger partial charge in [0.15, 0.2) is 0 Å². The SMILES string of the molecule is O=C(CSCC(=O)N1CCC(Nc2ccccc2)C1)Nc1cccc(Br)c1. The van der Waals surface area contributed by atoms with Crippen LogP contribution in [0.15, 0.2) is 59.1 Å². The Balaban J connectivity index is 1.36. The molecule has 27 heavy (non-hydrogen) atoms. The molecule has 0 aromatic heterocycles. The van der Waals surface area contributed by atoms with Crippen LogP contribution in [0.25, 0.3) is 0 Å². The molecule has 1 heterocycles. The van der Waals surface area contributed by atoms with Crippen molar-refractivity contribution in [3.63, 3.8) is 0 Å². The van der Waals surface area contributed by atoms with E-state index in [1.807, 2.05) is 59.5 Å². The summed E-state index contributed by atoms with van der Waals surface area (Å²) < 4.78 is 0.913. The summed E-state index contributed by atoms with van der Waals surface area (Å²) in [5, 5.41) is 6.30. The van der Waals surface area contributed by atoms with E-state index in [1.54, 1.807) is 0 Å². The van der Waals surface area contributed by atoms with Crippen LogP contribution in [0.3, 0.4) is 0 Å². The number of amides is 2. The van der Waals surface area contributed by atoms with Gasteiger partial charge < -0.3 is 15.5 Å². The van der Waals surface area contributed by atoms with Gasteiger partial charge in [0.1, 0.15) is 0 Å². The van der Waals surface area contributed by atoms with E-state index in [9.17, 15) is 9.59 Å². The molecule has 2 amide bonds. The predicted octanol–water partition coefficient (Wildman–Crippen LogP) is 3.83. The van der Waals surface area contributed by atoms with Crippen LogP contribution in [-0.2, 0) is 9.59 Å². The summed E-state index contributed by atoms with van der Waals surface area (Å²) in [4.78, 5) is 26.2. The van der Waals surface area contributed by atoms with Crippen LogP contribution >= 0.6 is 27.7 Å². The van der Waals surface area contributed by atoms with Gasteiger partial charge in [-0.05, 0) is 36.8 Å². The van der Waals surface area contributed by atoms with E-state index in [1.165, 1.54) is 11.8 Å². The number of nitrogens with one attached hydrogen (secondary N) is 2. The molecule has 0 spiro atoms. The first-order valence-corrected chi connectivity index (χ1v) is 10.8. The van der Waals surface area contributed by atoms with E-state index in [-0.39, 0.29) is 23.6 Å². The summed E-state index contributed by atoms with van der Waals surface area (Å²) in [5.74, 6) is 0.574. The molecule has 1 fully saturated rings. The lowest BCUT2D eigenvalue weighted by Crippen LogP contribution is -2.33. The van der Waals surface area contributed by atoms with Crippen molar-refractivity contribution in [3.8, 4) is 0 Å². The summed E-state index contributed by atoms with van der Waals surface area (Å²) in [6.45, 7) is 1.46. The second-order valence-corrected chi connectivity index (χ2v) is 8.29. The fourth-order valence-electron chi connectivity index (χ4n) is 2.96. The third-order valence-corrected chi connectivity index (χ3v) is 5.66. The average Bonchev–Trinajstić information content (AvgIpc) is 3.11. The Kier molecular flexibility index (Phi) is 7.18. The maximum Gasteiger partial charge on any atom is 0.234 e. The second-order valence-electron chi connectivity index (χ2n) is 6.39. The zero-order valence-electron chi connectivity index (χ0n) is 14.9. The average molecular weight is 448 g/mol. The van der Waals surface area contributed by atoms with Crippen LogP contribution in [0.5, 0.6) is 0 Å². The molecule has 1 aliphatic rings. The number of carbonyl (C=O) groups is 2. The summed E-state index contributed by atoms with van der Waals surface area (Å²) >= 11 is 4.72. The lowest BCUT2D eigenvalue weighted by Gasteiger charge is -2.17. The third kappa shape index (κ3) is 6.29. The molecule has 0 aliphatic carbocycles. The van der Waals surface area contributed by atoms with E-state index < -0.39 is 0 Å². The Hall–Kier alpha value is -1.99. The van der Waals surface area contributed by atoms with Gasteiger partial charge in [0.2, 0.25) is 11.8 Å². The Morgan fingerprint density at radius 1 is 1.07 bits per heavy atom. The molecule has 1 unspecified atom stereocenters. The van der Waals surface area contributed by atoms with Crippen molar-refractivity contribution in [1.29, 1.82) is 0 Å². The van der Waals surface area contributed by atoms with Crippen LogP contribution in [0, 0.1) is 0 Å². The minimum absolute atomic E-state index is 0.0904. The number of thioether (sulfide) groups is 1. The van der Waals surface area contributed by atoms with Crippen molar-refractivity contribution >= 4 is 50.9 Å². The van der Waals surface area contributed by atoms with Crippen LogP contribution in [0.2, 0.25) is 0 Å². The molecule has 5 nitrogen and oxygen atoms in total. The summed E-state index contributed by atoms with van der Waals surface area (Å²) in [5.41, 5.74) is 1.83. The van der Waals surface area contributed by atoms with Crippen molar-refractivity contribution in [2.45, 2.75) is 12.5 Å². The number of para-hydroxylation sites is 1. The highest BCUT2D eigenvalue weighted by Crippen LogP contribution is 2.18. The summed E-state index contributed by atoms with van der Waals surface area (Å²) in [7, 11) is 0. The van der Waals surface area contributed by atoms with Crippen LogP contribution in [0.4, 0.5) is 11.4 Å². The van der Waals surface area contributed by atoms with E-state index in [0.29, 0.717) is 12.3 Å². The number of benzene rings is 2. The lowest BCUT2D eigenvalue weighted by atomic mass is 10.2. The fourth-order valence-corrected chi connectivity index (χ4v) is 4.08. The van der Waals surface area contributed by atoms with Crippen molar-refractivity contribution < 1.29 is 9.59 Å². The number of anilines is 2. The maximum absolute atomic E-state index is 12.4. The van der Waals surface area contributed by atoms with Crippen molar-refractivity contribution in [3.05, 3.63) is 59.1 Å². The molecule has 7 heteroatoms. The van der Waals surface area contributed by atoms with Gasteiger partial charge in [0.05, 0.1) is 11.5 Å². The van der Waals surface area contributed by atoms with E-state index in [0.717, 1.165) is 28.8 Å². The van der Waals surface area contributed by atoms with Crippen molar-refractivity contribution in [2.75, 3.05) is 35.2 Å². The van der Waals surface area contributed by atoms with Crippen molar-refractivity contribution in [1.82, 2.24) is 4.90 Å². The van der Waals surface area contributed by atoms with Crippen molar-refractivity contribution in [2.24, 2.45) is 0 Å². The van der Waals surface area contributed by atoms with E-state index in [2.05, 4.69) is 26.6 Å². The molecule has 0 radical (unpaired) electrons. The first-order valence-electron chi connectivity index (χ1n) is 8.82. The Bertz CT molecular complexity index is 788. The number of hydrogen-bond donors (Lipinski definition) is 2. The van der Waals surface area contributed by atoms with Crippen LogP contribution < -0.4 is 10.6 Å². The van der Waals surface area contributed by atoms with E-state index in [4.69, 9.17) is 0 Å². The Morgan fingerprint density at radius 2 is 1.85 bits per heavy atom. The normalized spacial score (nSPS) is 16.2. The molecule has 0 saturated carbocycles. The first kappa shape index (κ1) is 19.8. The molecule has 1 saturated heterocycles. The molecule has 142 valence electrons. The number of hydrogen-bond acceptors (Lipinski definition) is 4. The van der Waals surface area contributed by atoms with Gasteiger partial charge in [0, 0.05) is 35.0 Å². The fraction of sp³-hybridized carbons (Fsp3) is 0.300. The van der Waals surface area contributed by atoms with Gasteiger partial charge >= 0.3 is 0 Å². The molecule has 2 aromatic carbocycles. The zero-order chi connectivity index (χ0) is 19.1. The minimum atomic E-state index is -0.101. The number of carbonyl (C=O) groups excluding carboxylic acids is 2. The van der Waals surface area contributed by atoms with Gasteiger partial charge in [0.25, 0.3) is 0 Å². The molecule has 1 aliphatic heterocycles. The highest BCUT2D eigenvalue weighted by atomic mass is 79.9. The lowest BCUT2D eigenvalue weighted by molar-refractivity contribution is -0.127.